The van der Waals surface area contributed by atoms with Gasteiger partial charge in [-0.15, -0.1) is 0 Å². The van der Waals surface area contributed by atoms with Crippen molar-refractivity contribution in [3.05, 3.63) is 87.2 Å². The number of nitrogens with zero attached hydrogens (tertiary/aromatic N) is 5. The van der Waals surface area contributed by atoms with E-state index in [1.807, 2.05) is 0 Å². The van der Waals surface area contributed by atoms with Crippen molar-refractivity contribution in [2.75, 3.05) is 18.4 Å². The van der Waals surface area contributed by atoms with Crippen LogP contribution in [0, 0.1) is 5.82 Å². The molecule has 4 heterocycles. The molecule has 2 N–H and O–H groups in total. The van der Waals surface area contributed by atoms with Gasteiger partial charge in [0.2, 0.25) is 5.89 Å². The van der Waals surface area contributed by atoms with Crippen LogP contribution in [-0.2, 0) is 16.6 Å². The number of halogens is 5. The Morgan fingerprint density at radius 2 is 1.88 bits per heavy atom. The summed E-state index contributed by atoms with van der Waals surface area (Å²) in [5.41, 5.74) is -0.938. The summed E-state index contributed by atoms with van der Waals surface area (Å²) in [7, 11) is 0. The Balaban J connectivity index is 1.44. The van der Waals surface area contributed by atoms with E-state index in [-0.39, 0.29) is 53.7 Å². The first-order valence-electron chi connectivity index (χ1n) is 12.3. The molecule has 0 unspecified atom stereocenters. The second-order valence-corrected chi connectivity index (χ2v) is 9.79. The summed E-state index contributed by atoms with van der Waals surface area (Å²) in [4.78, 5) is 46.6. The Morgan fingerprint density at radius 1 is 1.14 bits per heavy atom. The van der Waals surface area contributed by atoms with Gasteiger partial charge in [0, 0.05) is 31.3 Å². The van der Waals surface area contributed by atoms with Crippen molar-refractivity contribution >= 4 is 35.1 Å². The van der Waals surface area contributed by atoms with Gasteiger partial charge in [-0.2, -0.15) is 18.3 Å². The number of carbonyl (C=O) groups is 2. The molecule has 42 heavy (non-hydrogen) atoms. The zero-order chi connectivity index (χ0) is 30.1. The highest BCUT2D eigenvalue weighted by Gasteiger charge is 2.45. The molecule has 1 aromatic carbocycles. The standard InChI is InChI=1S/C25H20ClF4N7O5/c26-16-5-2-4-15(19(16)27)20(38)36-11-8-24(9-12-36,21-35-37(23(40)41-21)42-22(39)25(28,29)30)13-14-3-1-6-17(32-14)33-18-7-10-31-34-18/h1-7,10H,8-9,11-13H2,(H2,31,32,33,34). The number of benzene rings is 1. The van der Waals surface area contributed by atoms with Gasteiger partial charge < -0.3 is 19.5 Å². The van der Waals surface area contributed by atoms with Crippen molar-refractivity contribution in [1.82, 2.24) is 30.0 Å². The molecule has 0 aliphatic carbocycles. The largest absolute Gasteiger partial charge is 0.493 e. The van der Waals surface area contributed by atoms with E-state index in [2.05, 4.69) is 30.4 Å². The predicted octanol–water partition coefficient (Wildman–Crippen LogP) is 3.42. The maximum absolute atomic E-state index is 14.5. The summed E-state index contributed by atoms with van der Waals surface area (Å²) in [6.07, 6.45) is -3.63. The fraction of sp³-hybridized carbons (Fsp3) is 0.280. The zero-order valence-corrected chi connectivity index (χ0v) is 22.1. The van der Waals surface area contributed by atoms with Crippen LogP contribution in [0.5, 0.6) is 0 Å². The maximum atomic E-state index is 14.5. The highest BCUT2D eigenvalue weighted by atomic mass is 35.5. The van der Waals surface area contributed by atoms with Crippen LogP contribution in [0.1, 0.15) is 34.8 Å². The number of piperidine rings is 1. The number of amides is 1. The van der Waals surface area contributed by atoms with Crippen LogP contribution in [0.15, 0.2) is 57.9 Å². The normalized spacial score (nSPS) is 14.9. The van der Waals surface area contributed by atoms with Gasteiger partial charge in [0.05, 0.1) is 22.2 Å². The number of hydrogen-bond donors (Lipinski definition) is 2. The molecule has 1 fully saturated rings. The summed E-state index contributed by atoms with van der Waals surface area (Å²) < 4.78 is 57.9. The van der Waals surface area contributed by atoms with Crippen molar-refractivity contribution in [1.29, 1.82) is 0 Å². The van der Waals surface area contributed by atoms with Crippen LogP contribution >= 0.6 is 11.6 Å². The van der Waals surface area contributed by atoms with Gasteiger partial charge in [0.25, 0.3) is 5.91 Å². The average Bonchev–Trinajstić information content (AvgIpc) is 3.60. The molecule has 1 aliphatic heterocycles. The summed E-state index contributed by atoms with van der Waals surface area (Å²) in [5, 5.41) is 13.1. The van der Waals surface area contributed by atoms with Gasteiger partial charge in [-0.25, -0.2) is 19.0 Å². The molecular formula is C25H20ClF4N7O5. The summed E-state index contributed by atoms with van der Waals surface area (Å²) in [5.74, 6) is -4.95. The average molecular weight is 610 g/mol. The zero-order valence-electron chi connectivity index (χ0n) is 21.3. The molecule has 220 valence electrons. The fourth-order valence-corrected chi connectivity index (χ4v) is 4.74. The Labute approximate surface area is 238 Å². The van der Waals surface area contributed by atoms with Crippen molar-refractivity contribution in [2.24, 2.45) is 0 Å². The molecule has 1 amide bonds. The number of alkyl halides is 3. The number of aromatic amines is 1. The molecule has 17 heteroatoms. The molecule has 1 aliphatic rings. The summed E-state index contributed by atoms with van der Waals surface area (Å²) >= 11 is 5.83. The van der Waals surface area contributed by atoms with E-state index in [1.165, 1.54) is 29.3 Å². The van der Waals surface area contributed by atoms with Gasteiger partial charge in [-0.05, 0) is 42.0 Å². The van der Waals surface area contributed by atoms with E-state index in [9.17, 15) is 31.9 Å². The molecule has 3 aromatic heterocycles. The summed E-state index contributed by atoms with van der Waals surface area (Å²) in [6, 6.07) is 10.8. The Bertz CT molecular complexity index is 1660. The first-order valence-corrected chi connectivity index (χ1v) is 12.7. The van der Waals surface area contributed by atoms with Crippen LogP contribution < -0.4 is 15.9 Å². The lowest BCUT2D eigenvalue weighted by molar-refractivity contribution is -0.202. The van der Waals surface area contributed by atoms with E-state index < -0.39 is 35.0 Å². The molecule has 0 bridgehead atoms. The van der Waals surface area contributed by atoms with E-state index in [0.29, 0.717) is 17.3 Å². The van der Waals surface area contributed by atoms with Gasteiger partial charge in [0.1, 0.15) is 11.6 Å². The van der Waals surface area contributed by atoms with Crippen molar-refractivity contribution in [2.45, 2.75) is 30.9 Å². The lowest BCUT2D eigenvalue weighted by Crippen LogP contribution is -2.47. The van der Waals surface area contributed by atoms with Gasteiger partial charge in [0.15, 0.2) is 5.82 Å². The van der Waals surface area contributed by atoms with Gasteiger partial charge >= 0.3 is 17.9 Å². The first kappa shape index (κ1) is 28.8. The summed E-state index contributed by atoms with van der Waals surface area (Å²) in [6.45, 7) is 0.0472. The fourth-order valence-electron chi connectivity index (χ4n) is 4.57. The number of aromatic nitrogens is 5. The van der Waals surface area contributed by atoms with E-state index >= 15 is 0 Å². The van der Waals surface area contributed by atoms with Crippen molar-refractivity contribution < 1.29 is 36.4 Å². The Hall–Kier alpha value is -4.73. The van der Waals surface area contributed by atoms with Crippen LogP contribution in [0.4, 0.5) is 29.2 Å². The van der Waals surface area contributed by atoms with Crippen LogP contribution in [0.25, 0.3) is 0 Å². The predicted molar refractivity (Wildman–Crippen MR) is 136 cm³/mol. The molecular weight excluding hydrogens is 590 g/mol. The number of pyridine rings is 1. The second-order valence-electron chi connectivity index (χ2n) is 9.38. The molecule has 0 radical (unpaired) electrons. The minimum absolute atomic E-state index is 0.0236. The minimum atomic E-state index is -5.39. The number of carbonyl (C=O) groups excluding carboxylic acids is 2. The second kappa shape index (κ2) is 11.3. The van der Waals surface area contributed by atoms with E-state index in [0.717, 1.165) is 0 Å². The number of likely N-dealkylation sites (tertiary alicyclic amines) is 1. The topological polar surface area (TPSA) is 148 Å². The smallest absolute Gasteiger partial charge is 0.389 e. The molecule has 0 spiro atoms. The van der Waals surface area contributed by atoms with E-state index in [1.54, 1.807) is 24.3 Å². The Morgan fingerprint density at radius 3 is 2.57 bits per heavy atom. The molecule has 0 atom stereocenters. The molecule has 12 nitrogen and oxygen atoms in total. The number of anilines is 2. The third-order valence-corrected chi connectivity index (χ3v) is 6.95. The molecule has 0 saturated carbocycles. The SMILES string of the molecule is O=C(c1cccc(Cl)c1F)N1CCC(Cc2cccc(Nc3ccn[nH]3)n2)(c2nn(OC(=O)C(F)(F)F)c(=O)o2)CC1. The molecule has 5 rings (SSSR count). The van der Waals surface area contributed by atoms with Crippen LogP contribution in [0.3, 0.4) is 0 Å². The first-order chi connectivity index (χ1) is 19.9. The monoisotopic (exact) mass is 609 g/mol. The van der Waals surface area contributed by atoms with Crippen LogP contribution in [-0.4, -0.2) is 61.2 Å². The highest BCUT2D eigenvalue weighted by Crippen LogP contribution is 2.38. The maximum Gasteiger partial charge on any atom is 0.493 e. The lowest BCUT2D eigenvalue weighted by Gasteiger charge is -2.39. The quantitative estimate of drug-likeness (QED) is 0.301. The third-order valence-electron chi connectivity index (χ3n) is 6.66. The Kier molecular flexibility index (Phi) is 7.73. The molecule has 4 aromatic rings. The van der Waals surface area contributed by atoms with Crippen molar-refractivity contribution in [3.63, 3.8) is 0 Å². The minimum Gasteiger partial charge on any atom is -0.389 e. The van der Waals surface area contributed by atoms with Gasteiger partial charge in [-0.3, -0.25) is 9.89 Å². The number of hydrogen-bond acceptors (Lipinski definition) is 9. The highest BCUT2D eigenvalue weighted by molar-refractivity contribution is 6.31. The van der Waals surface area contributed by atoms with E-state index in [4.69, 9.17) is 16.0 Å². The lowest BCUT2D eigenvalue weighted by atomic mass is 9.74. The van der Waals surface area contributed by atoms with Crippen LogP contribution in [0.2, 0.25) is 5.02 Å². The third kappa shape index (κ3) is 5.97. The van der Waals surface area contributed by atoms with Crippen molar-refractivity contribution in [3.8, 4) is 0 Å². The number of nitrogens with one attached hydrogen (secondary N) is 2. The van der Waals surface area contributed by atoms with Gasteiger partial charge in [-0.1, -0.05) is 28.8 Å². The number of H-pyrrole nitrogens is 1. The number of rotatable bonds is 7. The molecule has 1 saturated heterocycles.